The van der Waals surface area contributed by atoms with Crippen molar-refractivity contribution in [1.29, 1.82) is 0 Å². The number of alkyl halides is 2. The lowest BCUT2D eigenvalue weighted by molar-refractivity contribution is 0.0928. The van der Waals surface area contributed by atoms with Crippen molar-refractivity contribution in [2.24, 2.45) is 0 Å². The minimum Gasteiger partial charge on any atom is -0.350 e. The summed E-state index contributed by atoms with van der Waals surface area (Å²) in [6, 6.07) is 7.14. The molecular formula is C15H13ClF2N2O4S2. The predicted molar refractivity (Wildman–Crippen MR) is 93.6 cm³/mol. The van der Waals surface area contributed by atoms with Gasteiger partial charge in [-0.1, -0.05) is 11.6 Å². The van der Waals surface area contributed by atoms with E-state index in [1.807, 2.05) is 0 Å². The van der Waals surface area contributed by atoms with Gasteiger partial charge in [0.05, 0.1) is 4.90 Å². The number of sulfone groups is 1. The summed E-state index contributed by atoms with van der Waals surface area (Å²) >= 11 is 6.46. The average molecular weight is 423 g/mol. The van der Waals surface area contributed by atoms with Gasteiger partial charge in [0, 0.05) is 23.7 Å². The van der Waals surface area contributed by atoms with Gasteiger partial charge < -0.3 is 10.6 Å². The van der Waals surface area contributed by atoms with Crippen molar-refractivity contribution in [2.45, 2.75) is 10.7 Å². The molecule has 0 aliphatic rings. The highest BCUT2D eigenvalue weighted by Crippen LogP contribution is 2.26. The Balaban J connectivity index is 1.89. The molecule has 0 saturated heterocycles. The third-order valence-electron chi connectivity index (χ3n) is 3.18. The zero-order valence-corrected chi connectivity index (χ0v) is 15.4. The number of hydrogen-bond acceptors (Lipinski definition) is 5. The molecule has 0 saturated carbocycles. The van der Waals surface area contributed by atoms with Crippen LogP contribution in [-0.2, 0) is 9.84 Å². The lowest BCUT2D eigenvalue weighted by Crippen LogP contribution is -2.34. The second kappa shape index (κ2) is 8.56. The Morgan fingerprint density at radius 3 is 2.19 bits per heavy atom. The zero-order chi connectivity index (χ0) is 19.3. The highest BCUT2D eigenvalue weighted by Gasteiger charge is 2.32. The molecule has 0 radical (unpaired) electrons. The van der Waals surface area contributed by atoms with Gasteiger partial charge in [0.2, 0.25) is 9.84 Å². The van der Waals surface area contributed by atoms with Gasteiger partial charge in [0.25, 0.3) is 11.8 Å². The molecule has 0 fully saturated rings. The Morgan fingerprint density at radius 1 is 1.04 bits per heavy atom. The molecule has 0 bridgehead atoms. The van der Waals surface area contributed by atoms with E-state index in [1.165, 1.54) is 17.5 Å². The summed E-state index contributed by atoms with van der Waals surface area (Å²) in [7, 11) is -4.86. The largest absolute Gasteiger partial charge is 0.350 e. The Hall–Kier alpha value is -2.04. The van der Waals surface area contributed by atoms with Crippen molar-refractivity contribution in [3.05, 3.63) is 51.2 Å². The molecule has 1 aromatic carbocycles. The average Bonchev–Trinajstić information content (AvgIpc) is 3.09. The van der Waals surface area contributed by atoms with Crippen LogP contribution in [0.2, 0.25) is 5.02 Å². The van der Waals surface area contributed by atoms with Crippen LogP contribution in [0.4, 0.5) is 8.78 Å². The fourth-order valence-corrected chi connectivity index (χ4v) is 4.13. The van der Waals surface area contributed by atoms with Gasteiger partial charge in [-0.15, -0.1) is 11.3 Å². The van der Waals surface area contributed by atoms with Gasteiger partial charge in [-0.05, 0) is 35.7 Å². The predicted octanol–water partition coefficient (Wildman–Crippen LogP) is 2.56. The molecule has 0 spiro atoms. The first-order valence-corrected chi connectivity index (χ1v) is 9.95. The molecule has 0 unspecified atom stereocenters. The molecule has 11 heteroatoms. The van der Waals surface area contributed by atoms with Crippen molar-refractivity contribution < 1.29 is 26.8 Å². The van der Waals surface area contributed by atoms with Crippen LogP contribution in [0.1, 0.15) is 20.0 Å². The fraction of sp³-hybridized carbons (Fsp3) is 0.200. The first-order chi connectivity index (χ1) is 12.2. The SMILES string of the molecule is O=C(NCCNC(=O)c1sccc1S(=O)(=O)C(F)F)c1ccc(Cl)cc1. The Kier molecular flexibility index (Phi) is 6.68. The van der Waals surface area contributed by atoms with Crippen molar-refractivity contribution in [1.82, 2.24) is 10.6 Å². The van der Waals surface area contributed by atoms with E-state index in [4.69, 9.17) is 11.6 Å². The van der Waals surface area contributed by atoms with Gasteiger partial charge >= 0.3 is 5.76 Å². The number of benzene rings is 1. The van der Waals surface area contributed by atoms with E-state index in [-0.39, 0.29) is 23.9 Å². The summed E-state index contributed by atoms with van der Waals surface area (Å²) in [6.45, 7) is 0.0553. The van der Waals surface area contributed by atoms with E-state index in [1.54, 1.807) is 12.1 Å². The van der Waals surface area contributed by atoms with Crippen molar-refractivity contribution in [2.75, 3.05) is 13.1 Å². The maximum absolute atomic E-state index is 12.6. The smallest absolute Gasteiger partial charge is 0.341 e. The molecule has 2 rings (SSSR count). The number of carbonyl (C=O) groups excluding carboxylic acids is 2. The number of rotatable bonds is 7. The normalized spacial score (nSPS) is 11.4. The zero-order valence-electron chi connectivity index (χ0n) is 13.0. The molecule has 0 atom stereocenters. The second-order valence-corrected chi connectivity index (χ2v) is 8.18. The molecule has 6 nitrogen and oxygen atoms in total. The topological polar surface area (TPSA) is 92.3 Å². The van der Waals surface area contributed by atoms with Gasteiger partial charge in [-0.3, -0.25) is 9.59 Å². The second-order valence-electron chi connectivity index (χ2n) is 4.94. The van der Waals surface area contributed by atoms with Gasteiger partial charge in [-0.25, -0.2) is 8.42 Å². The van der Waals surface area contributed by atoms with E-state index in [0.717, 1.165) is 17.4 Å². The van der Waals surface area contributed by atoms with E-state index in [2.05, 4.69) is 10.6 Å². The standard InChI is InChI=1S/C15H13ClF2N2O4S2/c16-10-3-1-9(2-4-10)13(21)19-6-7-20-14(22)12-11(5-8-25-12)26(23,24)15(17)18/h1-5,8,15H,6-7H2,(H,19,21)(H,20,22). The van der Waals surface area contributed by atoms with Gasteiger partial charge in [0.15, 0.2) is 0 Å². The van der Waals surface area contributed by atoms with Crippen molar-refractivity contribution in [3.63, 3.8) is 0 Å². The molecule has 0 aliphatic carbocycles. The van der Waals surface area contributed by atoms with Crippen LogP contribution in [0.5, 0.6) is 0 Å². The summed E-state index contributed by atoms with van der Waals surface area (Å²) in [6.07, 6.45) is 0. The monoisotopic (exact) mass is 422 g/mol. The Bertz CT molecular complexity index is 899. The van der Waals surface area contributed by atoms with Crippen molar-refractivity contribution in [3.8, 4) is 0 Å². The van der Waals surface area contributed by atoms with Crippen molar-refractivity contribution >= 4 is 44.6 Å². The molecule has 1 heterocycles. The Morgan fingerprint density at radius 2 is 1.62 bits per heavy atom. The number of thiophene rings is 1. The number of carbonyl (C=O) groups is 2. The van der Waals surface area contributed by atoms with Crippen LogP contribution in [0.15, 0.2) is 40.6 Å². The summed E-state index contributed by atoms with van der Waals surface area (Å²) in [4.78, 5) is 22.8. The van der Waals surface area contributed by atoms with Crippen LogP contribution in [-0.4, -0.2) is 39.1 Å². The highest BCUT2D eigenvalue weighted by atomic mass is 35.5. The van der Waals surface area contributed by atoms with Crippen LogP contribution in [0.25, 0.3) is 0 Å². The minimum absolute atomic E-state index is 0.00969. The van der Waals surface area contributed by atoms with Crippen LogP contribution in [0, 0.1) is 0 Å². The molecule has 1 aromatic heterocycles. The molecule has 140 valence electrons. The highest BCUT2D eigenvalue weighted by molar-refractivity contribution is 7.92. The summed E-state index contributed by atoms with van der Waals surface area (Å²) in [5, 5.41) is 6.66. The molecule has 2 aromatic rings. The Labute approximate surface area is 157 Å². The number of amides is 2. The third kappa shape index (κ3) is 4.77. The fourth-order valence-electron chi connectivity index (χ4n) is 1.92. The lowest BCUT2D eigenvalue weighted by Gasteiger charge is -2.08. The summed E-state index contributed by atoms with van der Waals surface area (Å²) in [5.41, 5.74) is 0.379. The molecule has 26 heavy (non-hydrogen) atoms. The molecule has 2 N–H and O–H groups in total. The number of nitrogens with one attached hydrogen (secondary N) is 2. The molecule has 2 amide bonds. The first-order valence-electron chi connectivity index (χ1n) is 7.15. The summed E-state index contributed by atoms with van der Waals surface area (Å²) < 4.78 is 48.3. The van der Waals surface area contributed by atoms with E-state index in [0.29, 0.717) is 10.6 Å². The quantitative estimate of drug-likeness (QED) is 0.671. The van der Waals surface area contributed by atoms with E-state index >= 15 is 0 Å². The summed E-state index contributed by atoms with van der Waals surface area (Å²) in [5.74, 6) is -4.80. The van der Waals surface area contributed by atoms with E-state index < -0.39 is 26.4 Å². The van der Waals surface area contributed by atoms with Crippen LogP contribution >= 0.6 is 22.9 Å². The maximum atomic E-state index is 12.6. The van der Waals surface area contributed by atoms with Gasteiger partial charge in [-0.2, -0.15) is 8.78 Å². The van der Waals surface area contributed by atoms with Gasteiger partial charge in [0.1, 0.15) is 4.88 Å². The van der Waals surface area contributed by atoms with Crippen LogP contribution in [0.3, 0.4) is 0 Å². The molecule has 0 aliphatic heterocycles. The minimum atomic E-state index is -4.86. The van der Waals surface area contributed by atoms with E-state index in [9.17, 15) is 26.8 Å². The number of hydrogen-bond donors (Lipinski definition) is 2. The van der Waals surface area contributed by atoms with Crippen LogP contribution < -0.4 is 10.6 Å². The maximum Gasteiger partial charge on any atom is 0.341 e. The first kappa shape index (κ1) is 20.3. The lowest BCUT2D eigenvalue weighted by atomic mass is 10.2. The number of halogens is 3. The molecular weight excluding hydrogens is 410 g/mol. The third-order valence-corrected chi connectivity index (χ3v) is 5.90.